The molecule has 0 aromatic heterocycles. The lowest BCUT2D eigenvalue weighted by Gasteiger charge is -2.05. The predicted octanol–water partition coefficient (Wildman–Crippen LogP) is 6.93. The Balaban J connectivity index is 0.000000401. The first-order chi connectivity index (χ1) is 10.7. The van der Waals surface area contributed by atoms with Gasteiger partial charge in [0.05, 0.1) is 0 Å². The van der Waals surface area contributed by atoms with Gasteiger partial charge in [-0.3, -0.25) is 4.79 Å². The van der Waals surface area contributed by atoms with Gasteiger partial charge in [0.25, 0.3) is 0 Å². The summed E-state index contributed by atoms with van der Waals surface area (Å²) in [6, 6.07) is 0. The van der Waals surface area contributed by atoms with Crippen LogP contribution >= 0.6 is 21.6 Å². The highest BCUT2D eigenvalue weighted by Gasteiger charge is 2.15. The largest absolute Gasteiger partial charge is 0.481 e. The maximum atomic E-state index is 10.1. The van der Waals surface area contributed by atoms with Crippen molar-refractivity contribution in [1.29, 1.82) is 0 Å². The van der Waals surface area contributed by atoms with E-state index >= 15 is 0 Å². The molecule has 0 radical (unpaired) electrons. The molecule has 1 aliphatic heterocycles. The van der Waals surface area contributed by atoms with Crippen molar-refractivity contribution in [2.75, 3.05) is 5.75 Å². The second-order valence-electron chi connectivity index (χ2n) is 6.09. The summed E-state index contributed by atoms with van der Waals surface area (Å²) in [7, 11) is 4.18. The van der Waals surface area contributed by atoms with Gasteiger partial charge < -0.3 is 5.11 Å². The molecule has 132 valence electrons. The minimum absolute atomic E-state index is 0.339. The molecule has 1 heterocycles. The maximum absolute atomic E-state index is 10.1. The van der Waals surface area contributed by atoms with Crippen LogP contribution in [0.5, 0.6) is 0 Å². The van der Waals surface area contributed by atoms with Crippen LogP contribution in [0.3, 0.4) is 0 Å². The number of rotatable bonds is 12. The number of aliphatic carboxylic acids is 1. The van der Waals surface area contributed by atoms with Gasteiger partial charge >= 0.3 is 5.97 Å². The third-order valence-electron chi connectivity index (χ3n) is 3.85. The fraction of sp³-hybridized carbons (Fsp3) is 0.944. The Morgan fingerprint density at radius 2 is 1.55 bits per heavy atom. The molecule has 0 amide bonds. The van der Waals surface area contributed by atoms with Crippen LogP contribution in [0.25, 0.3) is 0 Å². The molecular formula is C18H36O2S2. The third-order valence-corrected chi connectivity index (χ3v) is 6.86. The van der Waals surface area contributed by atoms with E-state index in [1.807, 2.05) is 0 Å². The van der Waals surface area contributed by atoms with Crippen LogP contribution in [0.4, 0.5) is 0 Å². The van der Waals surface area contributed by atoms with Gasteiger partial charge in [0.1, 0.15) is 0 Å². The first kappa shape index (κ1) is 22.2. The molecule has 0 aromatic rings. The molecule has 4 heteroatoms. The zero-order valence-corrected chi connectivity index (χ0v) is 16.3. The Kier molecular flexibility index (Phi) is 17.7. The Hall–Kier alpha value is 0.170. The summed E-state index contributed by atoms with van der Waals surface area (Å²) in [4.78, 5) is 10.1. The second-order valence-corrected chi connectivity index (χ2v) is 8.88. The zero-order valence-electron chi connectivity index (χ0n) is 14.6. The van der Waals surface area contributed by atoms with Crippen LogP contribution in [0.2, 0.25) is 0 Å². The summed E-state index contributed by atoms with van der Waals surface area (Å²) in [5.41, 5.74) is 0. The SMILES string of the molecule is CCCCCCC1CCSS1.CCCCCCCCC(=O)O. The molecule has 1 unspecified atom stereocenters. The van der Waals surface area contributed by atoms with Crippen molar-refractivity contribution in [2.45, 2.75) is 103 Å². The number of hydrogen-bond acceptors (Lipinski definition) is 3. The quantitative estimate of drug-likeness (QED) is 0.306. The number of hydrogen-bond donors (Lipinski definition) is 1. The Morgan fingerprint density at radius 1 is 0.955 bits per heavy atom. The predicted molar refractivity (Wildman–Crippen MR) is 103 cm³/mol. The van der Waals surface area contributed by atoms with Gasteiger partial charge in [-0.25, -0.2) is 0 Å². The van der Waals surface area contributed by atoms with Crippen molar-refractivity contribution in [3.05, 3.63) is 0 Å². The molecule has 22 heavy (non-hydrogen) atoms. The number of unbranched alkanes of at least 4 members (excludes halogenated alkanes) is 8. The summed E-state index contributed by atoms with van der Waals surface area (Å²) in [6.45, 7) is 4.46. The van der Waals surface area contributed by atoms with Crippen molar-refractivity contribution >= 4 is 27.6 Å². The minimum atomic E-state index is -0.666. The lowest BCUT2D eigenvalue weighted by atomic mass is 10.1. The number of carboxylic acids is 1. The van der Waals surface area contributed by atoms with E-state index in [0.29, 0.717) is 6.42 Å². The zero-order chi connectivity index (χ0) is 16.5. The maximum Gasteiger partial charge on any atom is 0.303 e. The summed E-state index contributed by atoms with van der Waals surface area (Å²) in [6.07, 6.45) is 15.9. The van der Waals surface area contributed by atoms with Gasteiger partial charge in [0, 0.05) is 17.4 Å². The fourth-order valence-corrected chi connectivity index (χ4v) is 5.45. The van der Waals surface area contributed by atoms with Crippen LogP contribution in [0.15, 0.2) is 0 Å². The molecule has 1 rings (SSSR count). The van der Waals surface area contributed by atoms with Gasteiger partial charge in [0.2, 0.25) is 0 Å². The summed E-state index contributed by atoms with van der Waals surface area (Å²) < 4.78 is 0. The Bertz CT molecular complexity index is 241. The van der Waals surface area contributed by atoms with E-state index in [1.165, 1.54) is 70.0 Å². The van der Waals surface area contributed by atoms with Gasteiger partial charge in [-0.1, -0.05) is 93.2 Å². The van der Waals surface area contributed by atoms with E-state index in [1.54, 1.807) is 0 Å². The molecule has 0 spiro atoms. The van der Waals surface area contributed by atoms with Crippen molar-refractivity contribution < 1.29 is 9.90 Å². The fourth-order valence-electron chi connectivity index (χ4n) is 2.42. The molecular weight excluding hydrogens is 312 g/mol. The summed E-state index contributed by atoms with van der Waals surface area (Å²) >= 11 is 0. The summed E-state index contributed by atoms with van der Waals surface area (Å²) in [5.74, 6) is 0.726. The van der Waals surface area contributed by atoms with Crippen LogP contribution in [-0.4, -0.2) is 22.1 Å². The molecule has 1 atom stereocenters. The molecule has 0 aromatic carbocycles. The molecule has 0 saturated carbocycles. The summed E-state index contributed by atoms with van der Waals surface area (Å²) in [5, 5.41) is 9.31. The smallest absolute Gasteiger partial charge is 0.303 e. The van der Waals surface area contributed by atoms with E-state index in [4.69, 9.17) is 5.11 Å². The van der Waals surface area contributed by atoms with E-state index < -0.39 is 5.97 Å². The molecule has 1 fully saturated rings. The van der Waals surface area contributed by atoms with Crippen LogP contribution in [-0.2, 0) is 4.79 Å². The Morgan fingerprint density at radius 3 is 2.09 bits per heavy atom. The molecule has 1 aliphatic rings. The molecule has 1 saturated heterocycles. The average Bonchev–Trinajstić information content (AvgIpc) is 3.01. The normalized spacial score (nSPS) is 17.1. The molecule has 1 N–H and O–H groups in total. The highest BCUT2D eigenvalue weighted by molar-refractivity contribution is 8.77. The molecule has 2 nitrogen and oxygen atoms in total. The second kappa shape index (κ2) is 17.5. The minimum Gasteiger partial charge on any atom is -0.481 e. The first-order valence-electron chi connectivity index (χ1n) is 9.20. The van der Waals surface area contributed by atoms with E-state index in [2.05, 4.69) is 35.4 Å². The Labute approximate surface area is 146 Å². The number of carboxylic acid groups (broad SMARTS) is 1. The topological polar surface area (TPSA) is 37.3 Å². The monoisotopic (exact) mass is 348 g/mol. The average molecular weight is 349 g/mol. The highest BCUT2D eigenvalue weighted by atomic mass is 33.1. The lowest BCUT2D eigenvalue weighted by molar-refractivity contribution is -0.137. The van der Waals surface area contributed by atoms with Crippen molar-refractivity contribution in [3.63, 3.8) is 0 Å². The van der Waals surface area contributed by atoms with E-state index in [-0.39, 0.29) is 0 Å². The van der Waals surface area contributed by atoms with Crippen molar-refractivity contribution in [3.8, 4) is 0 Å². The van der Waals surface area contributed by atoms with Gasteiger partial charge in [0.15, 0.2) is 0 Å². The van der Waals surface area contributed by atoms with E-state index in [0.717, 1.165) is 18.1 Å². The molecule has 0 aliphatic carbocycles. The van der Waals surface area contributed by atoms with Crippen LogP contribution in [0, 0.1) is 0 Å². The van der Waals surface area contributed by atoms with Crippen LogP contribution < -0.4 is 0 Å². The van der Waals surface area contributed by atoms with Crippen LogP contribution in [0.1, 0.15) is 97.3 Å². The van der Waals surface area contributed by atoms with Crippen molar-refractivity contribution in [2.24, 2.45) is 0 Å². The van der Waals surface area contributed by atoms with Gasteiger partial charge in [-0.15, -0.1) is 0 Å². The van der Waals surface area contributed by atoms with Gasteiger partial charge in [-0.05, 0) is 19.3 Å². The standard InChI is InChI=1S/C9H18O2.C9H18S2/c1-2-3-4-5-6-7-8-9(10)11;1-2-3-4-5-6-9-7-8-10-11-9/h2-8H2,1H3,(H,10,11);9H,2-8H2,1H3. The highest BCUT2D eigenvalue weighted by Crippen LogP contribution is 2.39. The molecule has 0 bridgehead atoms. The first-order valence-corrected chi connectivity index (χ1v) is 11.6. The van der Waals surface area contributed by atoms with Gasteiger partial charge in [-0.2, -0.15) is 0 Å². The number of carbonyl (C=O) groups is 1. The van der Waals surface area contributed by atoms with E-state index in [9.17, 15) is 4.79 Å². The lowest BCUT2D eigenvalue weighted by Crippen LogP contribution is -1.96. The third kappa shape index (κ3) is 16.5. The van der Waals surface area contributed by atoms with Crippen molar-refractivity contribution in [1.82, 2.24) is 0 Å².